The fourth-order valence-electron chi connectivity index (χ4n) is 1.05. The summed E-state index contributed by atoms with van der Waals surface area (Å²) in [4.78, 5) is 18.2. The number of aromatic nitrogens is 2. The number of methoxy groups -OCH3 is 1. The van der Waals surface area contributed by atoms with Crippen LogP contribution in [0.1, 0.15) is 10.7 Å². The largest absolute Gasteiger partial charge is 0.479 e. The summed E-state index contributed by atoms with van der Waals surface area (Å²) < 4.78 is 10.00. The van der Waals surface area contributed by atoms with Crippen molar-refractivity contribution >= 4 is 17.4 Å². The van der Waals surface area contributed by atoms with Crippen molar-refractivity contribution in [3.05, 3.63) is 18.2 Å². The fourth-order valence-corrected chi connectivity index (χ4v) is 1.05. The van der Waals surface area contributed by atoms with E-state index in [0.29, 0.717) is 23.3 Å². The molecule has 0 atom stereocenters. The summed E-state index contributed by atoms with van der Waals surface area (Å²) in [6.45, 7) is 0. The third kappa shape index (κ3) is 1.14. The van der Waals surface area contributed by atoms with E-state index in [4.69, 9.17) is 9.15 Å². The van der Waals surface area contributed by atoms with E-state index in [1.807, 2.05) is 0 Å². The summed E-state index contributed by atoms with van der Waals surface area (Å²) in [5.41, 5.74) is 0.959. The lowest BCUT2D eigenvalue weighted by molar-refractivity contribution is 0.109. The predicted molar refractivity (Wildman–Crippen MR) is 43.7 cm³/mol. The lowest BCUT2D eigenvalue weighted by Gasteiger charge is -1.95. The molecule has 0 unspecified atom stereocenters. The summed E-state index contributed by atoms with van der Waals surface area (Å²) in [5, 5.41) is 0. The zero-order chi connectivity index (χ0) is 9.26. The maximum absolute atomic E-state index is 10.4. The van der Waals surface area contributed by atoms with E-state index < -0.39 is 0 Å². The number of ether oxygens (including phenoxy) is 1. The van der Waals surface area contributed by atoms with Crippen LogP contribution in [0.2, 0.25) is 0 Å². The molecule has 2 aromatic rings. The maximum atomic E-state index is 10.4. The van der Waals surface area contributed by atoms with Gasteiger partial charge in [0.25, 0.3) is 5.89 Å². The number of pyridine rings is 1. The number of nitrogens with zero attached hydrogens (tertiary/aromatic N) is 2. The molecular weight excluding hydrogens is 172 g/mol. The second-order valence-electron chi connectivity index (χ2n) is 2.34. The molecule has 0 aromatic carbocycles. The summed E-state index contributed by atoms with van der Waals surface area (Å²) >= 11 is 0. The Bertz CT molecular complexity index is 450. The summed E-state index contributed by atoms with van der Waals surface area (Å²) in [5.74, 6) is 0.385. The van der Waals surface area contributed by atoms with Crippen molar-refractivity contribution in [2.75, 3.05) is 7.11 Å². The molecule has 2 heterocycles. The van der Waals surface area contributed by atoms with Crippen molar-refractivity contribution in [2.24, 2.45) is 0 Å². The summed E-state index contributed by atoms with van der Waals surface area (Å²) in [7, 11) is 1.48. The monoisotopic (exact) mass is 178 g/mol. The zero-order valence-corrected chi connectivity index (χ0v) is 6.85. The number of carbonyl (C=O) groups is 1. The quantitative estimate of drug-likeness (QED) is 0.643. The molecule has 0 amide bonds. The topological polar surface area (TPSA) is 65.2 Å². The van der Waals surface area contributed by atoms with Gasteiger partial charge in [-0.15, -0.1) is 0 Å². The number of hydrogen-bond donors (Lipinski definition) is 0. The fraction of sp³-hybridized carbons (Fsp3) is 0.125. The molecule has 0 aliphatic carbocycles. The van der Waals surface area contributed by atoms with Gasteiger partial charge in [0.15, 0.2) is 11.1 Å². The Balaban J connectivity index is 2.74. The number of carbonyl (C=O) groups excluding carboxylic acids is 1. The van der Waals surface area contributed by atoms with Crippen LogP contribution in [0.15, 0.2) is 16.7 Å². The van der Waals surface area contributed by atoms with Crippen molar-refractivity contribution < 1.29 is 13.9 Å². The highest BCUT2D eigenvalue weighted by Crippen LogP contribution is 2.21. The molecule has 0 aliphatic heterocycles. The van der Waals surface area contributed by atoms with Crippen molar-refractivity contribution in [3.8, 4) is 5.88 Å². The predicted octanol–water partition coefficient (Wildman–Crippen LogP) is 1.04. The van der Waals surface area contributed by atoms with Crippen LogP contribution in [0.3, 0.4) is 0 Å². The average molecular weight is 178 g/mol. The van der Waals surface area contributed by atoms with Gasteiger partial charge in [-0.25, -0.2) is 9.97 Å². The smallest absolute Gasteiger partial charge is 0.261 e. The van der Waals surface area contributed by atoms with E-state index in [0.717, 1.165) is 0 Å². The molecular formula is C8H6N2O3. The number of aldehydes is 1. The molecule has 2 rings (SSSR count). The van der Waals surface area contributed by atoms with E-state index in [2.05, 4.69) is 9.97 Å². The number of hydrogen-bond acceptors (Lipinski definition) is 5. The van der Waals surface area contributed by atoms with Gasteiger partial charge in [-0.1, -0.05) is 0 Å². The van der Waals surface area contributed by atoms with Crippen LogP contribution < -0.4 is 4.74 Å². The van der Waals surface area contributed by atoms with Crippen molar-refractivity contribution in [1.29, 1.82) is 0 Å². The van der Waals surface area contributed by atoms with Crippen LogP contribution in [0.5, 0.6) is 5.88 Å². The molecule has 13 heavy (non-hydrogen) atoms. The van der Waals surface area contributed by atoms with E-state index >= 15 is 0 Å². The van der Waals surface area contributed by atoms with E-state index in [1.165, 1.54) is 13.3 Å². The molecule has 2 aromatic heterocycles. The molecule has 5 heteroatoms. The Morgan fingerprint density at radius 2 is 2.46 bits per heavy atom. The van der Waals surface area contributed by atoms with Gasteiger partial charge in [0.05, 0.1) is 7.11 Å². The maximum Gasteiger partial charge on any atom is 0.261 e. The second kappa shape index (κ2) is 2.85. The molecule has 66 valence electrons. The highest BCUT2D eigenvalue weighted by molar-refractivity contribution is 5.82. The second-order valence-corrected chi connectivity index (χ2v) is 2.34. The van der Waals surface area contributed by atoms with Gasteiger partial charge in [-0.3, -0.25) is 4.79 Å². The molecule has 0 bridgehead atoms. The van der Waals surface area contributed by atoms with Gasteiger partial charge in [-0.2, -0.15) is 0 Å². The highest BCUT2D eigenvalue weighted by Gasteiger charge is 2.09. The molecule has 0 saturated heterocycles. The SMILES string of the molecule is COc1nccc2oc(C=O)nc12. The Labute approximate surface area is 73.4 Å². The molecule has 0 radical (unpaired) electrons. The van der Waals surface area contributed by atoms with Crippen LogP contribution in [-0.2, 0) is 0 Å². The van der Waals surface area contributed by atoms with Crippen molar-refractivity contribution in [1.82, 2.24) is 9.97 Å². The Morgan fingerprint density at radius 3 is 3.15 bits per heavy atom. The minimum absolute atomic E-state index is 0.0290. The first kappa shape index (κ1) is 7.72. The molecule has 0 aliphatic rings. The van der Waals surface area contributed by atoms with Gasteiger partial charge < -0.3 is 9.15 Å². The lowest BCUT2D eigenvalue weighted by Crippen LogP contribution is -1.87. The number of oxazole rings is 1. The lowest BCUT2D eigenvalue weighted by atomic mass is 10.4. The van der Waals surface area contributed by atoms with E-state index in [9.17, 15) is 4.79 Å². The van der Waals surface area contributed by atoms with Crippen LogP contribution in [-0.4, -0.2) is 23.4 Å². The Morgan fingerprint density at radius 1 is 1.62 bits per heavy atom. The first-order valence-corrected chi connectivity index (χ1v) is 3.60. The van der Waals surface area contributed by atoms with Crippen LogP contribution >= 0.6 is 0 Å². The minimum Gasteiger partial charge on any atom is -0.479 e. The molecule has 0 N–H and O–H groups in total. The van der Waals surface area contributed by atoms with Crippen molar-refractivity contribution in [3.63, 3.8) is 0 Å². The molecule has 5 nitrogen and oxygen atoms in total. The van der Waals surface area contributed by atoms with Crippen LogP contribution in [0.4, 0.5) is 0 Å². The van der Waals surface area contributed by atoms with Gasteiger partial charge in [-0.05, 0) is 0 Å². The normalized spacial score (nSPS) is 10.2. The third-order valence-electron chi connectivity index (χ3n) is 1.58. The van der Waals surface area contributed by atoms with Crippen molar-refractivity contribution in [2.45, 2.75) is 0 Å². The Hall–Kier alpha value is -1.91. The molecule has 0 spiro atoms. The zero-order valence-electron chi connectivity index (χ0n) is 6.85. The first-order chi connectivity index (χ1) is 6.35. The molecule has 0 fully saturated rings. The Kier molecular flexibility index (Phi) is 1.70. The minimum atomic E-state index is 0.0290. The third-order valence-corrected chi connectivity index (χ3v) is 1.58. The van der Waals surface area contributed by atoms with Crippen LogP contribution in [0, 0.1) is 0 Å². The van der Waals surface area contributed by atoms with Gasteiger partial charge >= 0.3 is 0 Å². The molecule has 0 saturated carbocycles. The van der Waals surface area contributed by atoms with E-state index in [1.54, 1.807) is 6.07 Å². The first-order valence-electron chi connectivity index (χ1n) is 3.60. The van der Waals surface area contributed by atoms with Gasteiger partial charge in [0.2, 0.25) is 12.2 Å². The summed E-state index contributed by atoms with van der Waals surface area (Å²) in [6, 6.07) is 1.62. The summed E-state index contributed by atoms with van der Waals surface area (Å²) in [6.07, 6.45) is 2.07. The highest BCUT2D eigenvalue weighted by atomic mass is 16.5. The van der Waals surface area contributed by atoms with Gasteiger partial charge in [0.1, 0.15) is 0 Å². The number of rotatable bonds is 2. The standard InChI is InChI=1S/C8H6N2O3/c1-12-8-7-5(2-3-9-8)13-6(4-11)10-7/h2-4H,1H3. The van der Waals surface area contributed by atoms with E-state index in [-0.39, 0.29) is 5.89 Å². The average Bonchev–Trinajstić information content (AvgIpc) is 2.59. The van der Waals surface area contributed by atoms with Gasteiger partial charge in [0, 0.05) is 12.3 Å². The van der Waals surface area contributed by atoms with Crippen LogP contribution in [0.25, 0.3) is 11.1 Å². The number of fused-ring (bicyclic) bond motifs is 1.